The summed E-state index contributed by atoms with van der Waals surface area (Å²) in [7, 11) is 0. The van der Waals surface area contributed by atoms with Crippen LogP contribution < -0.4 is 0 Å². The van der Waals surface area contributed by atoms with Gasteiger partial charge in [-0.3, -0.25) is 0 Å². The molecule has 2 rings (SSSR count). The first-order valence-corrected chi connectivity index (χ1v) is 5.59. The van der Waals surface area contributed by atoms with E-state index in [4.69, 9.17) is 0 Å². The summed E-state index contributed by atoms with van der Waals surface area (Å²) in [6, 6.07) is 7.02. The van der Waals surface area contributed by atoms with Crippen LogP contribution in [0.25, 0.3) is 0 Å². The van der Waals surface area contributed by atoms with E-state index in [1.54, 1.807) is 5.56 Å². The van der Waals surface area contributed by atoms with E-state index in [0.29, 0.717) is 0 Å². The van der Waals surface area contributed by atoms with Gasteiger partial charge in [-0.2, -0.15) is 0 Å². The fourth-order valence-electron chi connectivity index (χ4n) is 1.99. The van der Waals surface area contributed by atoms with E-state index in [-0.39, 0.29) is 5.41 Å². The lowest BCUT2D eigenvalue weighted by Crippen LogP contribution is -2.11. The highest BCUT2D eigenvalue weighted by molar-refractivity contribution is 5.38. The Labute approximate surface area is 87.3 Å². The molecule has 1 saturated carbocycles. The van der Waals surface area contributed by atoms with Crippen LogP contribution in [0, 0.1) is 6.92 Å². The second kappa shape index (κ2) is 3.12. The zero-order chi connectivity index (χ0) is 10.3. The predicted molar refractivity (Wildman–Crippen MR) is 61.9 cm³/mol. The first-order valence-electron chi connectivity index (χ1n) is 5.59. The van der Waals surface area contributed by atoms with Gasteiger partial charge in [0.2, 0.25) is 0 Å². The highest BCUT2D eigenvalue weighted by Crippen LogP contribution is 2.42. The minimum atomic E-state index is 0.285. The summed E-state index contributed by atoms with van der Waals surface area (Å²) in [5.74, 6) is 0.879. The Morgan fingerprint density at radius 1 is 1.14 bits per heavy atom. The van der Waals surface area contributed by atoms with Crippen molar-refractivity contribution in [1.82, 2.24) is 0 Å². The fourth-order valence-corrected chi connectivity index (χ4v) is 1.99. The van der Waals surface area contributed by atoms with Crippen LogP contribution in [-0.2, 0) is 5.41 Å². The molecule has 0 bridgehead atoms. The minimum absolute atomic E-state index is 0.285. The molecule has 0 radical (unpaired) electrons. The molecule has 76 valence electrons. The number of benzene rings is 1. The Bertz CT molecular complexity index is 338. The van der Waals surface area contributed by atoms with Gasteiger partial charge in [0.1, 0.15) is 0 Å². The van der Waals surface area contributed by atoms with Crippen molar-refractivity contribution >= 4 is 0 Å². The SMILES string of the molecule is Cc1cc(C(C)(C)C)ccc1C1CC1. The van der Waals surface area contributed by atoms with E-state index >= 15 is 0 Å². The normalized spacial score (nSPS) is 17.1. The topological polar surface area (TPSA) is 0 Å². The molecule has 0 heterocycles. The first-order chi connectivity index (χ1) is 6.48. The van der Waals surface area contributed by atoms with Gasteiger partial charge in [-0.25, -0.2) is 0 Å². The van der Waals surface area contributed by atoms with Crippen LogP contribution in [-0.4, -0.2) is 0 Å². The molecule has 1 fully saturated rings. The first kappa shape index (κ1) is 9.76. The van der Waals surface area contributed by atoms with Crippen molar-refractivity contribution in [3.8, 4) is 0 Å². The Balaban J connectivity index is 2.35. The monoisotopic (exact) mass is 188 g/mol. The summed E-state index contributed by atoms with van der Waals surface area (Å²) in [4.78, 5) is 0. The largest absolute Gasteiger partial charge is 0.0582 e. The Morgan fingerprint density at radius 2 is 1.79 bits per heavy atom. The zero-order valence-corrected chi connectivity index (χ0v) is 9.72. The van der Waals surface area contributed by atoms with Gasteiger partial charge in [-0.1, -0.05) is 39.0 Å². The number of aryl methyl sites for hydroxylation is 1. The molecule has 0 N–H and O–H groups in total. The molecular weight excluding hydrogens is 168 g/mol. The van der Waals surface area contributed by atoms with Crippen LogP contribution in [0.15, 0.2) is 18.2 Å². The molecule has 1 aromatic rings. The molecule has 0 aromatic heterocycles. The highest BCUT2D eigenvalue weighted by Gasteiger charge is 2.25. The van der Waals surface area contributed by atoms with Gasteiger partial charge >= 0.3 is 0 Å². The Hall–Kier alpha value is -0.780. The van der Waals surface area contributed by atoms with E-state index in [1.165, 1.54) is 24.0 Å². The van der Waals surface area contributed by atoms with Crippen LogP contribution in [0.3, 0.4) is 0 Å². The van der Waals surface area contributed by atoms with Crippen molar-refractivity contribution < 1.29 is 0 Å². The van der Waals surface area contributed by atoms with Crippen LogP contribution >= 0.6 is 0 Å². The summed E-state index contributed by atoms with van der Waals surface area (Å²) >= 11 is 0. The average Bonchev–Trinajstić information content (AvgIpc) is 2.85. The second-order valence-corrected chi connectivity index (χ2v) is 5.60. The highest BCUT2D eigenvalue weighted by atomic mass is 14.3. The van der Waals surface area contributed by atoms with Gasteiger partial charge in [0.15, 0.2) is 0 Å². The van der Waals surface area contributed by atoms with Crippen LogP contribution in [0.4, 0.5) is 0 Å². The van der Waals surface area contributed by atoms with Gasteiger partial charge < -0.3 is 0 Å². The molecule has 1 aromatic carbocycles. The van der Waals surface area contributed by atoms with E-state index in [0.717, 1.165) is 5.92 Å². The maximum atomic E-state index is 2.37. The molecule has 0 spiro atoms. The summed E-state index contributed by atoms with van der Waals surface area (Å²) in [6.45, 7) is 9.08. The van der Waals surface area contributed by atoms with Crippen molar-refractivity contribution in [2.24, 2.45) is 0 Å². The molecule has 14 heavy (non-hydrogen) atoms. The van der Waals surface area contributed by atoms with Crippen LogP contribution in [0.5, 0.6) is 0 Å². The molecule has 1 aliphatic rings. The molecule has 0 atom stereocenters. The summed E-state index contributed by atoms with van der Waals surface area (Å²) < 4.78 is 0. The summed E-state index contributed by atoms with van der Waals surface area (Å²) in [6.07, 6.45) is 2.80. The van der Waals surface area contributed by atoms with Crippen molar-refractivity contribution in [2.75, 3.05) is 0 Å². The molecule has 0 aliphatic heterocycles. The molecule has 0 unspecified atom stereocenters. The van der Waals surface area contributed by atoms with Gasteiger partial charge in [0, 0.05) is 0 Å². The molecule has 0 heteroatoms. The zero-order valence-electron chi connectivity index (χ0n) is 9.72. The van der Waals surface area contributed by atoms with Crippen LogP contribution in [0.1, 0.15) is 56.2 Å². The Kier molecular flexibility index (Phi) is 2.17. The molecule has 1 aliphatic carbocycles. The van der Waals surface area contributed by atoms with Crippen molar-refractivity contribution in [2.45, 2.75) is 51.9 Å². The lowest BCUT2D eigenvalue weighted by Gasteiger charge is -2.20. The third kappa shape index (κ3) is 1.84. The van der Waals surface area contributed by atoms with Crippen LogP contribution in [0.2, 0.25) is 0 Å². The smallest absolute Gasteiger partial charge is 0.0132 e. The van der Waals surface area contributed by atoms with E-state index in [2.05, 4.69) is 45.9 Å². The number of hydrogen-bond acceptors (Lipinski definition) is 0. The lowest BCUT2D eigenvalue weighted by atomic mass is 9.85. The fraction of sp³-hybridized carbons (Fsp3) is 0.571. The Morgan fingerprint density at radius 3 is 2.21 bits per heavy atom. The van der Waals surface area contributed by atoms with Gasteiger partial charge in [0.25, 0.3) is 0 Å². The van der Waals surface area contributed by atoms with Crippen molar-refractivity contribution in [1.29, 1.82) is 0 Å². The van der Waals surface area contributed by atoms with E-state index in [1.807, 2.05) is 0 Å². The lowest BCUT2D eigenvalue weighted by molar-refractivity contribution is 0.589. The predicted octanol–water partition coefficient (Wildman–Crippen LogP) is 4.17. The maximum Gasteiger partial charge on any atom is -0.0132 e. The quantitative estimate of drug-likeness (QED) is 0.620. The van der Waals surface area contributed by atoms with E-state index < -0.39 is 0 Å². The molecular formula is C14H20. The summed E-state index contributed by atoms with van der Waals surface area (Å²) in [5.41, 5.74) is 4.81. The molecule has 0 amide bonds. The number of hydrogen-bond donors (Lipinski definition) is 0. The standard InChI is InChI=1S/C14H20/c1-10-9-12(14(2,3)4)7-8-13(10)11-5-6-11/h7-9,11H,5-6H2,1-4H3. The van der Waals surface area contributed by atoms with Gasteiger partial charge in [-0.15, -0.1) is 0 Å². The van der Waals surface area contributed by atoms with Crippen molar-refractivity contribution in [3.63, 3.8) is 0 Å². The second-order valence-electron chi connectivity index (χ2n) is 5.60. The van der Waals surface area contributed by atoms with Gasteiger partial charge in [-0.05, 0) is 47.8 Å². The molecule has 0 saturated heterocycles. The average molecular weight is 188 g/mol. The third-order valence-electron chi connectivity index (χ3n) is 3.15. The third-order valence-corrected chi connectivity index (χ3v) is 3.15. The maximum absolute atomic E-state index is 2.37. The molecule has 0 nitrogen and oxygen atoms in total. The van der Waals surface area contributed by atoms with Gasteiger partial charge in [0.05, 0.1) is 0 Å². The summed E-state index contributed by atoms with van der Waals surface area (Å²) in [5, 5.41) is 0. The number of rotatable bonds is 1. The minimum Gasteiger partial charge on any atom is -0.0582 e. The van der Waals surface area contributed by atoms with E-state index in [9.17, 15) is 0 Å². The van der Waals surface area contributed by atoms with Crippen molar-refractivity contribution in [3.05, 3.63) is 34.9 Å².